The Bertz CT molecular complexity index is 614. The predicted molar refractivity (Wildman–Crippen MR) is 78.6 cm³/mol. The van der Waals surface area contributed by atoms with E-state index in [2.05, 4.69) is 26.3 Å². The molecule has 0 bridgehead atoms. The quantitative estimate of drug-likeness (QED) is 0.822. The van der Waals surface area contributed by atoms with Crippen molar-refractivity contribution in [1.29, 1.82) is 0 Å². The van der Waals surface area contributed by atoms with Crippen LogP contribution in [0.2, 0.25) is 0 Å². The van der Waals surface area contributed by atoms with Crippen molar-refractivity contribution in [2.75, 3.05) is 11.1 Å². The van der Waals surface area contributed by atoms with Crippen LogP contribution in [-0.4, -0.2) is 15.7 Å². The van der Waals surface area contributed by atoms with Crippen molar-refractivity contribution in [3.8, 4) is 0 Å². The lowest BCUT2D eigenvalue weighted by Crippen LogP contribution is -2.13. The van der Waals surface area contributed by atoms with Gasteiger partial charge in [-0.05, 0) is 40.5 Å². The van der Waals surface area contributed by atoms with E-state index < -0.39 is 5.82 Å². The smallest absolute Gasteiger partial charge is 0.224 e. The number of nitrogen functional groups attached to an aromatic ring is 1. The number of hydrogen-bond acceptors (Lipinski definition) is 3. The number of aromatic nitrogens is 2. The zero-order chi connectivity index (χ0) is 14.5. The van der Waals surface area contributed by atoms with E-state index in [1.54, 1.807) is 10.9 Å². The van der Waals surface area contributed by atoms with Crippen LogP contribution in [0.15, 0.2) is 35.1 Å². The van der Waals surface area contributed by atoms with Crippen LogP contribution in [0.3, 0.4) is 0 Å². The molecule has 0 aliphatic heterocycles. The molecule has 3 N–H and O–H groups in total. The van der Waals surface area contributed by atoms with Crippen LogP contribution in [-0.2, 0) is 11.3 Å². The lowest BCUT2D eigenvalue weighted by Gasteiger charge is -2.08. The van der Waals surface area contributed by atoms with E-state index in [4.69, 9.17) is 5.73 Å². The summed E-state index contributed by atoms with van der Waals surface area (Å²) in [5, 5.41) is 6.76. The maximum Gasteiger partial charge on any atom is 0.224 e. The Labute approximate surface area is 124 Å². The van der Waals surface area contributed by atoms with E-state index in [0.29, 0.717) is 25.1 Å². The second kappa shape index (κ2) is 6.51. The summed E-state index contributed by atoms with van der Waals surface area (Å²) < 4.78 is 15.5. The minimum Gasteiger partial charge on any atom is -0.397 e. The minimum absolute atomic E-state index is 0.158. The van der Waals surface area contributed by atoms with Gasteiger partial charge in [-0.15, -0.1) is 0 Å². The van der Waals surface area contributed by atoms with Crippen molar-refractivity contribution in [3.05, 3.63) is 40.9 Å². The number of nitrogens with zero attached hydrogens (tertiary/aromatic N) is 2. The number of hydrogen-bond donors (Lipinski definition) is 2. The zero-order valence-corrected chi connectivity index (χ0v) is 12.2. The van der Waals surface area contributed by atoms with Crippen molar-refractivity contribution in [2.24, 2.45) is 0 Å². The van der Waals surface area contributed by atoms with Gasteiger partial charge in [0.25, 0.3) is 0 Å². The first-order chi connectivity index (χ1) is 9.54. The maximum absolute atomic E-state index is 12.9. The molecule has 0 atom stereocenters. The van der Waals surface area contributed by atoms with Crippen molar-refractivity contribution < 1.29 is 9.18 Å². The third kappa shape index (κ3) is 4.06. The van der Waals surface area contributed by atoms with Gasteiger partial charge in [-0.1, -0.05) is 0 Å². The van der Waals surface area contributed by atoms with E-state index >= 15 is 0 Å². The summed E-state index contributed by atoms with van der Waals surface area (Å²) in [6.07, 6.45) is 4.53. The van der Waals surface area contributed by atoms with Gasteiger partial charge in [-0.25, -0.2) is 4.39 Å². The number of halogens is 2. The highest BCUT2D eigenvalue weighted by atomic mass is 79.9. The number of nitrogens with one attached hydrogen (secondary N) is 1. The van der Waals surface area contributed by atoms with Gasteiger partial charge in [-0.2, -0.15) is 5.10 Å². The highest BCUT2D eigenvalue weighted by Gasteiger charge is 2.06. The second-order valence-electron chi connectivity index (χ2n) is 4.30. The standard InChI is InChI=1S/C13H14BrFN4O/c14-9-7-17-19(8-9)5-1-2-13(20)18-12-4-3-10(15)6-11(12)16/h3-4,6-8H,1-2,5,16H2,(H,18,20). The first kappa shape index (κ1) is 14.5. The fraction of sp³-hybridized carbons (Fsp3) is 0.231. The monoisotopic (exact) mass is 340 g/mol. The number of carbonyl (C=O) groups is 1. The predicted octanol–water partition coefficient (Wildman–Crippen LogP) is 2.79. The Hall–Kier alpha value is -1.89. The molecular weight excluding hydrogens is 327 g/mol. The highest BCUT2D eigenvalue weighted by Crippen LogP contribution is 2.19. The van der Waals surface area contributed by atoms with Crippen LogP contribution < -0.4 is 11.1 Å². The molecule has 1 heterocycles. The Balaban J connectivity index is 1.80. The fourth-order valence-corrected chi connectivity index (χ4v) is 2.05. The highest BCUT2D eigenvalue weighted by molar-refractivity contribution is 9.10. The van der Waals surface area contributed by atoms with Crippen molar-refractivity contribution in [3.63, 3.8) is 0 Å². The van der Waals surface area contributed by atoms with Gasteiger partial charge < -0.3 is 11.1 Å². The van der Waals surface area contributed by atoms with Gasteiger partial charge >= 0.3 is 0 Å². The maximum atomic E-state index is 12.9. The molecule has 1 amide bonds. The molecular formula is C13H14BrFN4O. The number of rotatable bonds is 5. The van der Waals surface area contributed by atoms with Crippen LogP contribution >= 0.6 is 15.9 Å². The minimum atomic E-state index is -0.426. The molecule has 5 nitrogen and oxygen atoms in total. The number of aryl methyl sites for hydroxylation is 1. The van der Waals surface area contributed by atoms with E-state index in [1.165, 1.54) is 18.2 Å². The number of amides is 1. The van der Waals surface area contributed by atoms with Crippen LogP contribution in [0.25, 0.3) is 0 Å². The van der Waals surface area contributed by atoms with Gasteiger partial charge in [-0.3, -0.25) is 9.48 Å². The number of benzene rings is 1. The van der Waals surface area contributed by atoms with Gasteiger partial charge in [0.05, 0.1) is 22.0 Å². The molecule has 7 heteroatoms. The van der Waals surface area contributed by atoms with Gasteiger partial charge in [0.2, 0.25) is 5.91 Å². The van der Waals surface area contributed by atoms with Gasteiger partial charge in [0.15, 0.2) is 0 Å². The molecule has 2 aromatic rings. The Morgan fingerprint density at radius 2 is 2.30 bits per heavy atom. The third-order valence-corrected chi connectivity index (χ3v) is 3.09. The Morgan fingerprint density at radius 3 is 2.95 bits per heavy atom. The summed E-state index contributed by atoms with van der Waals surface area (Å²) in [6.45, 7) is 0.651. The lowest BCUT2D eigenvalue weighted by molar-refractivity contribution is -0.116. The fourth-order valence-electron chi connectivity index (χ4n) is 1.72. The lowest BCUT2D eigenvalue weighted by atomic mass is 10.2. The Kier molecular flexibility index (Phi) is 4.73. The summed E-state index contributed by atoms with van der Waals surface area (Å²) in [5.74, 6) is -0.584. The molecule has 0 aliphatic rings. The molecule has 106 valence electrons. The van der Waals surface area contributed by atoms with E-state index in [1.807, 2.05) is 6.20 Å². The number of nitrogens with two attached hydrogens (primary N) is 1. The summed E-state index contributed by atoms with van der Waals surface area (Å²) in [5.41, 5.74) is 6.26. The summed E-state index contributed by atoms with van der Waals surface area (Å²) >= 11 is 3.30. The molecule has 1 aromatic heterocycles. The molecule has 0 radical (unpaired) electrons. The summed E-state index contributed by atoms with van der Waals surface area (Å²) in [4.78, 5) is 11.7. The molecule has 0 saturated carbocycles. The third-order valence-electron chi connectivity index (χ3n) is 2.68. The molecule has 0 fully saturated rings. The van der Waals surface area contributed by atoms with E-state index in [-0.39, 0.29) is 11.6 Å². The van der Waals surface area contributed by atoms with Crippen molar-refractivity contribution in [1.82, 2.24) is 9.78 Å². The van der Waals surface area contributed by atoms with Crippen LogP contribution in [0.4, 0.5) is 15.8 Å². The van der Waals surface area contributed by atoms with Crippen LogP contribution in [0.1, 0.15) is 12.8 Å². The summed E-state index contributed by atoms with van der Waals surface area (Å²) in [7, 11) is 0. The largest absolute Gasteiger partial charge is 0.397 e. The molecule has 0 spiro atoms. The molecule has 0 saturated heterocycles. The summed E-state index contributed by atoms with van der Waals surface area (Å²) in [6, 6.07) is 3.89. The van der Waals surface area contributed by atoms with Gasteiger partial charge in [0.1, 0.15) is 5.82 Å². The number of anilines is 2. The number of carbonyl (C=O) groups excluding carboxylic acids is 1. The topological polar surface area (TPSA) is 72.9 Å². The molecule has 0 aliphatic carbocycles. The average Bonchev–Trinajstić information content (AvgIpc) is 2.79. The second-order valence-corrected chi connectivity index (χ2v) is 5.22. The first-order valence-electron chi connectivity index (χ1n) is 6.07. The SMILES string of the molecule is Nc1cc(F)ccc1NC(=O)CCCn1cc(Br)cn1. The normalized spacial score (nSPS) is 10.5. The van der Waals surface area contributed by atoms with Gasteiger partial charge in [0, 0.05) is 19.2 Å². The van der Waals surface area contributed by atoms with Crippen LogP contribution in [0.5, 0.6) is 0 Å². The van der Waals surface area contributed by atoms with Crippen molar-refractivity contribution in [2.45, 2.75) is 19.4 Å². The zero-order valence-electron chi connectivity index (χ0n) is 10.6. The first-order valence-corrected chi connectivity index (χ1v) is 6.87. The molecule has 2 rings (SSSR count). The van der Waals surface area contributed by atoms with E-state index in [0.717, 1.165) is 4.47 Å². The molecule has 0 unspecified atom stereocenters. The Morgan fingerprint density at radius 1 is 1.50 bits per heavy atom. The van der Waals surface area contributed by atoms with Crippen molar-refractivity contribution >= 4 is 33.2 Å². The molecule has 20 heavy (non-hydrogen) atoms. The molecule has 1 aromatic carbocycles. The van der Waals surface area contributed by atoms with E-state index in [9.17, 15) is 9.18 Å². The average molecular weight is 341 g/mol. The van der Waals surface area contributed by atoms with Crippen LogP contribution in [0, 0.1) is 5.82 Å².